The Hall–Kier alpha value is -0.554. The van der Waals surface area contributed by atoms with Gasteiger partial charge in [0.25, 0.3) is 0 Å². The second-order valence-electron chi connectivity index (χ2n) is 3.97. The Kier molecular flexibility index (Phi) is 36.1. The van der Waals surface area contributed by atoms with Crippen LogP contribution in [-0.4, -0.2) is 44.0 Å². The zero-order valence-corrected chi connectivity index (χ0v) is 22.0. The summed E-state index contributed by atoms with van der Waals surface area (Å²) in [7, 11) is 0. The SMILES string of the molecule is O=[As]([O-])([O-])[O-].O=[As]([O-])([O-])[O-].[Co+2].[Co+2].[Co+2].c1ccncc1.c1ccncc1.c1ccncc1. The van der Waals surface area contributed by atoms with Crippen LogP contribution in [0.25, 0.3) is 0 Å². The molecule has 0 aliphatic rings. The third-order valence-corrected chi connectivity index (χ3v) is 1.70. The molecule has 0 saturated carbocycles. The molecule has 0 fully saturated rings. The van der Waals surface area contributed by atoms with Crippen molar-refractivity contribution in [1.29, 1.82) is 0 Å². The van der Waals surface area contributed by atoms with Crippen molar-refractivity contribution in [2.24, 2.45) is 0 Å². The molecule has 0 aliphatic heterocycles. The fraction of sp³-hybridized carbons (Fsp3) is 0. The molecule has 3 radical (unpaired) electrons. The van der Waals surface area contributed by atoms with Crippen LogP contribution in [0.15, 0.2) is 91.8 Å². The van der Waals surface area contributed by atoms with Gasteiger partial charge in [0.1, 0.15) is 0 Å². The standard InChI is InChI=1S/3C5H5N.2AsH3O4.3Co/c3*1-2-4-6-5-3-1;2*2-1(3,4)5;;;/h3*1-5H;2*(H3,2,3,4,5);;;/q;;;;;3*+2/p-6. The quantitative estimate of drug-likeness (QED) is 0.204. The minimum Gasteiger partial charge on any atom is -0.265 e. The van der Waals surface area contributed by atoms with E-state index in [0.717, 1.165) is 0 Å². The van der Waals surface area contributed by atoms with E-state index in [9.17, 15) is 0 Å². The van der Waals surface area contributed by atoms with E-state index < -0.39 is 29.0 Å². The topological polar surface area (TPSA) is 211 Å². The largest absolute Gasteiger partial charge is 2.00 e. The Morgan fingerprint density at radius 1 is 0.387 bits per heavy atom. The minimum absolute atomic E-state index is 0. The van der Waals surface area contributed by atoms with Crippen LogP contribution < -0.4 is 24.6 Å². The van der Waals surface area contributed by atoms with Crippen LogP contribution in [-0.2, 0) is 57.8 Å². The average molecular weight is 692 g/mol. The zero-order chi connectivity index (χ0) is 21.7. The first kappa shape index (κ1) is 40.8. The third-order valence-electron chi connectivity index (χ3n) is 1.70. The predicted molar refractivity (Wildman–Crippen MR) is 85.6 cm³/mol. The number of aromatic nitrogens is 3. The summed E-state index contributed by atoms with van der Waals surface area (Å²) >= 11 is -11.8. The first-order valence-electron chi connectivity index (χ1n) is 7.01. The molecule has 0 spiro atoms. The van der Waals surface area contributed by atoms with E-state index in [1.54, 1.807) is 37.2 Å². The van der Waals surface area contributed by atoms with E-state index in [1.165, 1.54) is 0 Å². The maximum atomic E-state index is 8.61. The zero-order valence-electron chi connectivity index (χ0n) is 15.2. The van der Waals surface area contributed by atoms with Crippen molar-refractivity contribution < 1.29 is 82.4 Å². The van der Waals surface area contributed by atoms with Gasteiger partial charge in [-0.1, -0.05) is 18.2 Å². The van der Waals surface area contributed by atoms with Gasteiger partial charge in [0.05, 0.1) is 0 Å². The molecule has 3 aromatic rings. The van der Waals surface area contributed by atoms with Gasteiger partial charge in [-0.3, -0.25) is 15.0 Å². The normalized spacial score (nSPS) is 8.45. The molecular formula is C15H15As2Co3N3O8. The molecule has 0 amide bonds. The molecule has 31 heavy (non-hydrogen) atoms. The number of hydrogen-bond donors (Lipinski definition) is 0. The smallest absolute Gasteiger partial charge is 0.265 e. The molecule has 0 bridgehead atoms. The Labute approximate surface area is 216 Å². The molecule has 0 unspecified atom stereocenters. The van der Waals surface area contributed by atoms with E-state index in [4.69, 9.17) is 32.1 Å². The van der Waals surface area contributed by atoms with Crippen molar-refractivity contribution >= 4 is 29.0 Å². The van der Waals surface area contributed by atoms with Crippen LogP contribution in [0.2, 0.25) is 0 Å². The number of nitrogens with zero attached hydrogens (tertiary/aromatic N) is 3. The van der Waals surface area contributed by atoms with Crippen LogP contribution in [0, 0.1) is 0 Å². The van der Waals surface area contributed by atoms with Crippen molar-refractivity contribution in [2.45, 2.75) is 0 Å². The van der Waals surface area contributed by atoms with Gasteiger partial charge < -0.3 is 0 Å². The molecule has 3 heterocycles. The van der Waals surface area contributed by atoms with Crippen molar-refractivity contribution in [1.82, 2.24) is 15.0 Å². The molecular weight excluding hydrogens is 677 g/mol. The Balaban J connectivity index is -0.0000000891. The maximum absolute atomic E-state index is 8.61. The Bertz CT molecular complexity index is 581. The maximum Gasteiger partial charge on any atom is 2.00 e. The van der Waals surface area contributed by atoms with Crippen LogP contribution in [0.1, 0.15) is 0 Å². The molecule has 0 atom stereocenters. The van der Waals surface area contributed by atoms with E-state index in [-0.39, 0.29) is 50.3 Å². The van der Waals surface area contributed by atoms with Crippen molar-refractivity contribution in [3.05, 3.63) is 91.8 Å². The van der Waals surface area contributed by atoms with Gasteiger partial charge in [0.15, 0.2) is 0 Å². The average Bonchev–Trinajstić information content (AvgIpc) is 2.64. The van der Waals surface area contributed by atoms with Crippen LogP contribution >= 0.6 is 0 Å². The van der Waals surface area contributed by atoms with Gasteiger partial charge in [-0.05, 0) is 36.4 Å². The number of rotatable bonds is 0. The summed E-state index contributed by atoms with van der Waals surface area (Å²) < 4.78 is 68.9. The molecule has 0 saturated heterocycles. The van der Waals surface area contributed by atoms with Crippen molar-refractivity contribution in [3.63, 3.8) is 0 Å². The van der Waals surface area contributed by atoms with Crippen LogP contribution in [0.5, 0.6) is 0 Å². The van der Waals surface area contributed by atoms with E-state index in [1.807, 2.05) is 54.6 Å². The molecule has 0 aliphatic carbocycles. The summed E-state index contributed by atoms with van der Waals surface area (Å²) in [6.07, 6.45) is 10.5. The van der Waals surface area contributed by atoms with Crippen molar-refractivity contribution in [2.75, 3.05) is 0 Å². The van der Waals surface area contributed by atoms with Gasteiger partial charge in [0.2, 0.25) is 0 Å². The van der Waals surface area contributed by atoms with Gasteiger partial charge in [-0.25, -0.2) is 0 Å². The number of pyridine rings is 3. The van der Waals surface area contributed by atoms with Crippen molar-refractivity contribution in [3.8, 4) is 0 Å². The Morgan fingerprint density at radius 2 is 0.516 bits per heavy atom. The van der Waals surface area contributed by atoms with Gasteiger partial charge >= 0.3 is 111 Å². The second-order valence-corrected chi connectivity index (χ2v) is 7.72. The molecule has 16 heteroatoms. The first-order chi connectivity index (χ1) is 13.0. The second kappa shape index (κ2) is 27.5. The van der Waals surface area contributed by atoms with Crippen LogP contribution in [0.3, 0.4) is 0 Å². The van der Waals surface area contributed by atoms with Gasteiger partial charge in [0, 0.05) is 37.2 Å². The molecule has 11 nitrogen and oxygen atoms in total. The Morgan fingerprint density at radius 3 is 0.548 bits per heavy atom. The molecule has 0 N–H and O–H groups in total. The first-order valence-corrected chi connectivity index (χ1v) is 13.1. The van der Waals surface area contributed by atoms with E-state index in [0.29, 0.717) is 0 Å². The van der Waals surface area contributed by atoms with Gasteiger partial charge in [-0.2, -0.15) is 0 Å². The third kappa shape index (κ3) is 72.9. The molecule has 175 valence electrons. The summed E-state index contributed by atoms with van der Waals surface area (Å²) in [5.74, 6) is 0. The van der Waals surface area contributed by atoms with E-state index in [2.05, 4.69) is 15.0 Å². The molecule has 0 aromatic carbocycles. The van der Waals surface area contributed by atoms with E-state index >= 15 is 0 Å². The van der Waals surface area contributed by atoms with Crippen LogP contribution in [0.4, 0.5) is 0 Å². The summed E-state index contributed by atoms with van der Waals surface area (Å²) in [6, 6.07) is 17.1. The molecule has 3 aromatic heterocycles. The summed E-state index contributed by atoms with van der Waals surface area (Å²) in [5.41, 5.74) is 0. The number of hydrogen-bond acceptors (Lipinski definition) is 11. The fourth-order valence-electron chi connectivity index (χ4n) is 0.938. The summed E-state index contributed by atoms with van der Waals surface area (Å²) in [6.45, 7) is 0. The minimum atomic E-state index is -5.88. The monoisotopic (exact) mass is 692 g/mol. The molecule has 3 rings (SSSR count). The summed E-state index contributed by atoms with van der Waals surface area (Å²) in [5, 5.41) is 0. The van der Waals surface area contributed by atoms with Gasteiger partial charge in [-0.15, -0.1) is 0 Å². The summed E-state index contributed by atoms with van der Waals surface area (Å²) in [4.78, 5) is 11.4. The predicted octanol–water partition coefficient (Wildman–Crippen LogP) is -4.90. The fourth-order valence-corrected chi connectivity index (χ4v) is 0.938.